The monoisotopic (exact) mass is 256 g/mol. The van der Waals surface area contributed by atoms with E-state index in [0.29, 0.717) is 19.7 Å². The van der Waals surface area contributed by atoms with Crippen LogP contribution in [0.3, 0.4) is 0 Å². The highest BCUT2D eigenvalue weighted by Gasteiger charge is 2.33. The lowest BCUT2D eigenvalue weighted by molar-refractivity contribution is -0.148. The first kappa shape index (κ1) is 15.4. The van der Waals surface area contributed by atoms with Crippen LogP contribution in [-0.4, -0.2) is 42.6 Å². The standard InChI is InChI=1S/C14H28N2O2/c1-10-9-18-11(2)8-16(10)13(17)12(7-15)6-14(3,4)5/h10-12H,6-9,15H2,1-5H3. The molecule has 0 aromatic heterocycles. The van der Waals surface area contributed by atoms with Crippen molar-refractivity contribution < 1.29 is 9.53 Å². The van der Waals surface area contributed by atoms with E-state index in [1.165, 1.54) is 0 Å². The first-order valence-corrected chi connectivity index (χ1v) is 6.86. The van der Waals surface area contributed by atoms with Gasteiger partial charge < -0.3 is 15.4 Å². The zero-order chi connectivity index (χ0) is 13.9. The van der Waals surface area contributed by atoms with E-state index in [-0.39, 0.29) is 29.4 Å². The molecular formula is C14H28N2O2. The molecule has 3 atom stereocenters. The van der Waals surface area contributed by atoms with E-state index in [9.17, 15) is 4.79 Å². The lowest BCUT2D eigenvalue weighted by Crippen LogP contribution is -2.53. The normalized spacial score (nSPS) is 27.1. The summed E-state index contributed by atoms with van der Waals surface area (Å²) in [6.07, 6.45) is 0.957. The molecule has 1 fully saturated rings. The minimum absolute atomic E-state index is 0.0715. The van der Waals surface area contributed by atoms with Crippen molar-refractivity contribution in [3.63, 3.8) is 0 Å². The van der Waals surface area contributed by atoms with Crippen LogP contribution in [0.1, 0.15) is 41.0 Å². The molecule has 0 aliphatic carbocycles. The van der Waals surface area contributed by atoms with Gasteiger partial charge in [0.05, 0.1) is 24.7 Å². The topological polar surface area (TPSA) is 55.6 Å². The fourth-order valence-electron chi connectivity index (χ4n) is 2.46. The summed E-state index contributed by atoms with van der Waals surface area (Å²) in [4.78, 5) is 14.5. The molecule has 0 aromatic rings. The predicted octanol–water partition coefficient (Wildman–Crippen LogP) is 1.63. The van der Waals surface area contributed by atoms with Gasteiger partial charge in [0.15, 0.2) is 0 Å². The van der Waals surface area contributed by atoms with Gasteiger partial charge in [-0.2, -0.15) is 0 Å². The van der Waals surface area contributed by atoms with E-state index in [4.69, 9.17) is 10.5 Å². The third kappa shape index (κ3) is 4.25. The van der Waals surface area contributed by atoms with Crippen LogP contribution in [-0.2, 0) is 9.53 Å². The molecule has 0 radical (unpaired) electrons. The van der Waals surface area contributed by atoms with Crippen molar-refractivity contribution >= 4 is 5.91 Å². The van der Waals surface area contributed by atoms with Crippen molar-refractivity contribution in [1.29, 1.82) is 0 Å². The number of amides is 1. The molecule has 1 rings (SSSR count). The van der Waals surface area contributed by atoms with E-state index in [1.54, 1.807) is 0 Å². The Hall–Kier alpha value is -0.610. The fraction of sp³-hybridized carbons (Fsp3) is 0.929. The van der Waals surface area contributed by atoms with Crippen LogP contribution in [0.2, 0.25) is 0 Å². The predicted molar refractivity (Wildman–Crippen MR) is 73.2 cm³/mol. The SMILES string of the molecule is CC1CN(C(=O)C(CN)CC(C)(C)C)C(C)CO1. The van der Waals surface area contributed by atoms with Gasteiger partial charge in [-0.15, -0.1) is 0 Å². The van der Waals surface area contributed by atoms with Crippen LogP contribution in [0.5, 0.6) is 0 Å². The van der Waals surface area contributed by atoms with Crippen molar-refractivity contribution in [2.45, 2.75) is 53.2 Å². The number of morpholine rings is 1. The Labute approximate surface area is 111 Å². The van der Waals surface area contributed by atoms with E-state index in [2.05, 4.69) is 20.8 Å². The third-order valence-corrected chi connectivity index (χ3v) is 3.38. The largest absolute Gasteiger partial charge is 0.375 e. The molecule has 2 N–H and O–H groups in total. The Morgan fingerprint density at radius 3 is 2.56 bits per heavy atom. The molecular weight excluding hydrogens is 228 g/mol. The van der Waals surface area contributed by atoms with Crippen LogP contribution in [0.15, 0.2) is 0 Å². The minimum atomic E-state index is -0.0715. The van der Waals surface area contributed by atoms with Gasteiger partial charge in [0.25, 0.3) is 0 Å². The summed E-state index contributed by atoms with van der Waals surface area (Å²) in [7, 11) is 0. The number of nitrogens with zero attached hydrogens (tertiary/aromatic N) is 1. The number of hydrogen-bond donors (Lipinski definition) is 1. The molecule has 0 saturated carbocycles. The van der Waals surface area contributed by atoms with Crippen molar-refractivity contribution in [3.05, 3.63) is 0 Å². The number of ether oxygens (including phenoxy) is 1. The summed E-state index contributed by atoms with van der Waals surface area (Å²) in [6.45, 7) is 12.2. The zero-order valence-electron chi connectivity index (χ0n) is 12.4. The summed E-state index contributed by atoms with van der Waals surface area (Å²) in [5.41, 5.74) is 5.91. The van der Waals surface area contributed by atoms with Gasteiger partial charge in [-0.25, -0.2) is 0 Å². The smallest absolute Gasteiger partial charge is 0.227 e. The van der Waals surface area contributed by atoms with Crippen LogP contribution >= 0.6 is 0 Å². The summed E-state index contributed by atoms with van der Waals surface area (Å²) in [5, 5.41) is 0. The van der Waals surface area contributed by atoms with E-state index in [1.807, 2.05) is 18.7 Å². The molecule has 1 aliphatic heterocycles. The molecule has 1 amide bonds. The first-order valence-electron chi connectivity index (χ1n) is 6.86. The van der Waals surface area contributed by atoms with Gasteiger partial charge in [0.2, 0.25) is 5.91 Å². The summed E-state index contributed by atoms with van der Waals surface area (Å²) in [6, 6.07) is 0.155. The van der Waals surface area contributed by atoms with E-state index >= 15 is 0 Å². The highest BCUT2D eigenvalue weighted by molar-refractivity contribution is 5.79. The second-order valence-corrected chi connectivity index (χ2v) is 6.68. The second kappa shape index (κ2) is 6.02. The van der Waals surface area contributed by atoms with Gasteiger partial charge in [0.1, 0.15) is 0 Å². The van der Waals surface area contributed by atoms with E-state index in [0.717, 1.165) is 6.42 Å². The van der Waals surface area contributed by atoms with Crippen LogP contribution in [0.4, 0.5) is 0 Å². The molecule has 0 aromatic carbocycles. The van der Waals surface area contributed by atoms with Gasteiger partial charge >= 0.3 is 0 Å². The fourth-order valence-corrected chi connectivity index (χ4v) is 2.46. The molecule has 18 heavy (non-hydrogen) atoms. The molecule has 1 heterocycles. The lowest BCUT2D eigenvalue weighted by atomic mass is 9.84. The maximum atomic E-state index is 12.6. The quantitative estimate of drug-likeness (QED) is 0.835. The highest BCUT2D eigenvalue weighted by atomic mass is 16.5. The number of rotatable bonds is 3. The number of carbonyl (C=O) groups excluding carboxylic acids is 1. The second-order valence-electron chi connectivity index (χ2n) is 6.68. The molecule has 1 saturated heterocycles. The van der Waals surface area contributed by atoms with Crippen molar-refractivity contribution in [1.82, 2.24) is 4.90 Å². The Bertz CT molecular complexity index is 286. The average Bonchev–Trinajstić information content (AvgIpc) is 2.27. The molecule has 106 valence electrons. The zero-order valence-corrected chi connectivity index (χ0v) is 12.4. The highest BCUT2D eigenvalue weighted by Crippen LogP contribution is 2.26. The van der Waals surface area contributed by atoms with E-state index < -0.39 is 0 Å². The summed E-state index contributed by atoms with van der Waals surface area (Å²) >= 11 is 0. The molecule has 4 nitrogen and oxygen atoms in total. The van der Waals surface area contributed by atoms with Crippen molar-refractivity contribution in [2.24, 2.45) is 17.1 Å². The van der Waals surface area contributed by atoms with Crippen LogP contribution < -0.4 is 5.73 Å². The number of hydrogen-bond acceptors (Lipinski definition) is 3. The Morgan fingerprint density at radius 1 is 1.44 bits per heavy atom. The van der Waals surface area contributed by atoms with Crippen LogP contribution in [0, 0.1) is 11.3 Å². The third-order valence-electron chi connectivity index (χ3n) is 3.38. The maximum absolute atomic E-state index is 12.6. The molecule has 3 unspecified atom stereocenters. The first-order chi connectivity index (χ1) is 8.24. The molecule has 0 bridgehead atoms. The minimum Gasteiger partial charge on any atom is -0.375 e. The van der Waals surface area contributed by atoms with Gasteiger partial charge in [-0.1, -0.05) is 20.8 Å². The van der Waals surface area contributed by atoms with Gasteiger partial charge in [0, 0.05) is 13.1 Å². The average molecular weight is 256 g/mol. The number of nitrogens with two attached hydrogens (primary N) is 1. The Kier molecular flexibility index (Phi) is 5.17. The molecule has 0 spiro atoms. The van der Waals surface area contributed by atoms with Crippen LogP contribution in [0.25, 0.3) is 0 Å². The van der Waals surface area contributed by atoms with Gasteiger partial charge in [-0.05, 0) is 25.7 Å². The summed E-state index contributed by atoms with van der Waals surface area (Å²) in [5.74, 6) is 0.118. The van der Waals surface area contributed by atoms with Crippen molar-refractivity contribution in [2.75, 3.05) is 19.7 Å². The Morgan fingerprint density at radius 2 is 2.06 bits per heavy atom. The molecule has 4 heteroatoms. The summed E-state index contributed by atoms with van der Waals surface area (Å²) < 4.78 is 5.56. The van der Waals surface area contributed by atoms with Crippen molar-refractivity contribution in [3.8, 4) is 0 Å². The number of carbonyl (C=O) groups is 1. The lowest BCUT2D eigenvalue weighted by Gasteiger charge is -2.39. The maximum Gasteiger partial charge on any atom is 0.227 e. The molecule has 1 aliphatic rings. The Balaban J connectivity index is 2.70. The van der Waals surface area contributed by atoms with Gasteiger partial charge in [-0.3, -0.25) is 4.79 Å².